The van der Waals surface area contributed by atoms with Gasteiger partial charge >= 0.3 is 0 Å². The smallest absolute Gasteiger partial charge is 0.253 e. The van der Waals surface area contributed by atoms with E-state index < -0.39 is 0 Å². The van der Waals surface area contributed by atoms with Crippen molar-refractivity contribution in [3.8, 4) is 5.69 Å². The van der Waals surface area contributed by atoms with Crippen molar-refractivity contribution < 1.29 is 4.79 Å². The molecule has 0 bridgehead atoms. The van der Waals surface area contributed by atoms with Gasteiger partial charge in [0.05, 0.1) is 17.2 Å². The van der Waals surface area contributed by atoms with Gasteiger partial charge in [-0.05, 0) is 37.4 Å². The highest BCUT2D eigenvalue weighted by atomic mass is 32.2. The molecular formula is C17H18N4OS2. The predicted molar refractivity (Wildman–Crippen MR) is 98.0 cm³/mol. The highest BCUT2D eigenvalue weighted by Gasteiger charge is 2.14. The Balaban J connectivity index is 1.74. The molecule has 0 fully saturated rings. The first-order chi connectivity index (χ1) is 11.6. The molecule has 0 spiro atoms. The molecule has 3 aromatic rings. The minimum atomic E-state index is -0.0112. The normalized spacial score (nSPS) is 10.8. The summed E-state index contributed by atoms with van der Waals surface area (Å²) in [5.41, 5.74) is 2.58. The Bertz CT molecular complexity index is 838. The van der Waals surface area contributed by atoms with Crippen molar-refractivity contribution in [2.24, 2.45) is 0 Å². The quantitative estimate of drug-likeness (QED) is 0.654. The third kappa shape index (κ3) is 3.52. The molecule has 24 heavy (non-hydrogen) atoms. The first kappa shape index (κ1) is 16.7. The fourth-order valence-corrected chi connectivity index (χ4v) is 3.55. The lowest BCUT2D eigenvalue weighted by atomic mass is 10.2. The lowest BCUT2D eigenvalue weighted by Crippen LogP contribution is -2.26. The fourth-order valence-electron chi connectivity index (χ4n) is 2.42. The summed E-state index contributed by atoms with van der Waals surface area (Å²) in [6.45, 7) is 2.48. The van der Waals surface area contributed by atoms with Gasteiger partial charge in [0.25, 0.3) is 5.91 Å². The van der Waals surface area contributed by atoms with Gasteiger partial charge in [0.15, 0.2) is 5.16 Å². The molecule has 124 valence electrons. The molecule has 1 aromatic carbocycles. The van der Waals surface area contributed by atoms with Crippen LogP contribution in [-0.4, -0.2) is 38.6 Å². The second kappa shape index (κ2) is 7.19. The second-order valence-corrected chi connectivity index (χ2v) is 7.19. The van der Waals surface area contributed by atoms with Crippen LogP contribution >= 0.6 is 23.1 Å². The zero-order valence-corrected chi connectivity index (χ0v) is 15.4. The Morgan fingerprint density at radius 2 is 2.08 bits per heavy atom. The number of thioether (sulfide) groups is 1. The number of thiazole rings is 1. The van der Waals surface area contributed by atoms with Crippen LogP contribution in [0.2, 0.25) is 0 Å². The van der Waals surface area contributed by atoms with Crippen molar-refractivity contribution in [1.29, 1.82) is 0 Å². The van der Waals surface area contributed by atoms with E-state index in [1.165, 1.54) is 0 Å². The van der Waals surface area contributed by atoms with Crippen LogP contribution in [0.1, 0.15) is 21.1 Å². The van der Waals surface area contributed by atoms with Gasteiger partial charge in [0, 0.05) is 36.1 Å². The molecule has 0 saturated heterocycles. The van der Waals surface area contributed by atoms with Crippen LogP contribution in [0.3, 0.4) is 0 Å². The van der Waals surface area contributed by atoms with E-state index >= 15 is 0 Å². The molecule has 0 radical (unpaired) electrons. The summed E-state index contributed by atoms with van der Waals surface area (Å²) in [7, 11) is 1.80. The minimum absolute atomic E-state index is 0.0112. The highest BCUT2D eigenvalue weighted by molar-refractivity contribution is 7.98. The van der Waals surface area contributed by atoms with Crippen LogP contribution in [-0.2, 0) is 6.54 Å². The van der Waals surface area contributed by atoms with Gasteiger partial charge in [0.2, 0.25) is 0 Å². The number of amides is 1. The van der Waals surface area contributed by atoms with Gasteiger partial charge in [0.1, 0.15) is 0 Å². The Morgan fingerprint density at radius 3 is 2.71 bits per heavy atom. The molecule has 1 amide bonds. The summed E-state index contributed by atoms with van der Waals surface area (Å²) < 4.78 is 2.00. The summed E-state index contributed by atoms with van der Waals surface area (Å²) in [5.74, 6) is -0.0112. The summed E-state index contributed by atoms with van der Waals surface area (Å²) in [5, 5.41) is 3.93. The maximum absolute atomic E-state index is 12.6. The average molecular weight is 358 g/mol. The van der Waals surface area contributed by atoms with Crippen LogP contribution in [0.15, 0.2) is 47.2 Å². The fraction of sp³-hybridized carbons (Fsp3) is 0.235. The average Bonchev–Trinajstić information content (AvgIpc) is 3.23. The molecule has 2 aromatic heterocycles. The molecule has 0 aliphatic heterocycles. The van der Waals surface area contributed by atoms with Crippen LogP contribution < -0.4 is 0 Å². The first-order valence-corrected chi connectivity index (χ1v) is 9.53. The number of rotatable bonds is 5. The van der Waals surface area contributed by atoms with Crippen molar-refractivity contribution in [1.82, 2.24) is 19.4 Å². The molecule has 0 aliphatic carbocycles. The number of carbonyl (C=O) groups excluding carboxylic acids is 1. The number of aromatic nitrogens is 3. The maximum atomic E-state index is 12.6. The molecule has 0 saturated carbocycles. The second-order valence-electron chi connectivity index (χ2n) is 5.35. The maximum Gasteiger partial charge on any atom is 0.253 e. The van der Waals surface area contributed by atoms with Crippen molar-refractivity contribution in [3.05, 3.63) is 58.3 Å². The number of carbonyl (C=O) groups is 1. The van der Waals surface area contributed by atoms with Crippen molar-refractivity contribution in [3.63, 3.8) is 0 Å². The number of nitrogens with zero attached hydrogens (tertiary/aromatic N) is 4. The highest BCUT2D eigenvalue weighted by Crippen LogP contribution is 2.19. The van der Waals surface area contributed by atoms with E-state index in [1.807, 2.05) is 53.6 Å². The standard InChI is InChI=1S/C17H18N4OS2/c1-12-19-14(11-24-12)10-20(2)16(22)13-4-6-15(7-5-13)21-9-8-18-17(21)23-3/h4-9,11H,10H2,1-3H3. The molecular weight excluding hydrogens is 340 g/mol. The molecule has 0 atom stereocenters. The van der Waals surface area contributed by atoms with Crippen LogP contribution in [0.25, 0.3) is 5.69 Å². The van der Waals surface area contributed by atoms with Crippen LogP contribution in [0.5, 0.6) is 0 Å². The molecule has 0 aliphatic rings. The first-order valence-electron chi connectivity index (χ1n) is 7.42. The Labute approximate surface area is 149 Å². The third-order valence-electron chi connectivity index (χ3n) is 3.59. The van der Waals surface area contributed by atoms with E-state index in [-0.39, 0.29) is 5.91 Å². The molecule has 3 rings (SSSR count). The lowest BCUT2D eigenvalue weighted by Gasteiger charge is -2.16. The van der Waals surface area contributed by atoms with Crippen molar-refractivity contribution in [2.75, 3.05) is 13.3 Å². The Hall–Kier alpha value is -2.12. The van der Waals surface area contributed by atoms with Gasteiger partial charge < -0.3 is 4.90 Å². The van der Waals surface area contributed by atoms with Crippen LogP contribution in [0.4, 0.5) is 0 Å². The van der Waals surface area contributed by atoms with E-state index in [2.05, 4.69) is 9.97 Å². The van der Waals surface area contributed by atoms with Gasteiger partial charge in [-0.3, -0.25) is 9.36 Å². The van der Waals surface area contributed by atoms with Crippen molar-refractivity contribution >= 4 is 29.0 Å². The van der Waals surface area contributed by atoms with E-state index in [1.54, 1.807) is 41.2 Å². The van der Waals surface area contributed by atoms with Gasteiger partial charge in [-0.15, -0.1) is 11.3 Å². The third-order valence-corrected chi connectivity index (χ3v) is 5.08. The Morgan fingerprint density at radius 1 is 1.33 bits per heavy atom. The van der Waals surface area contributed by atoms with E-state index in [9.17, 15) is 4.79 Å². The van der Waals surface area contributed by atoms with Gasteiger partial charge in [-0.2, -0.15) is 0 Å². The summed E-state index contributed by atoms with van der Waals surface area (Å²) in [4.78, 5) is 22.9. The van der Waals surface area contributed by atoms with Gasteiger partial charge in [-0.1, -0.05) is 11.8 Å². The monoisotopic (exact) mass is 358 g/mol. The summed E-state index contributed by atoms with van der Waals surface area (Å²) in [6.07, 6.45) is 5.68. The zero-order valence-electron chi connectivity index (χ0n) is 13.8. The number of hydrogen-bond donors (Lipinski definition) is 0. The number of aryl methyl sites for hydroxylation is 1. The predicted octanol–water partition coefficient (Wildman–Crippen LogP) is 3.63. The summed E-state index contributed by atoms with van der Waals surface area (Å²) >= 11 is 3.18. The van der Waals surface area contributed by atoms with Crippen LogP contribution in [0, 0.1) is 6.92 Å². The van der Waals surface area contributed by atoms with E-state index in [4.69, 9.17) is 0 Å². The summed E-state index contributed by atoms with van der Waals surface area (Å²) in [6, 6.07) is 7.58. The SMILES string of the molecule is CSc1nccn1-c1ccc(C(=O)N(C)Cc2csc(C)n2)cc1. The topological polar surface area (TPSA) is 51.0 Å². The van der Waals surface area contributed by atoms with Gasteiger partial charge in [-0.25, -0.2) is 9.97 Å². The number of hydrogen-bond acceptors (Lipinski definition) is 5. The number of imidazole rings is 1. The zero-order chi connectivity index (χ0) is 17.1. The molecule has 0 N–H and O–H groups in total. The molecule has 7 heteroatoms. The van der Waals surface area contributed by atoms with Crippen molar-refractivity contribution in [2.45, 2.75) is 18.6 Å². The lowest BCUT2D eigenvalue weighted by molar-refractivity contribution is 0.0783. The largest absolute Gasteiger partial charge is 0.336 e. The van der Waals surface area contributed by atoms with E-state index in [0.717, 1.165) is 21.5 Å². The van der Waals surface area contributed by atoms with E-state index in [0.29, 0.717) is 12.1 Å². The molecule has 0 unspecified atom stereocenters. The molecule has 2 heterocycles. The molecule has 5 nitrogen and oxygen atoms in total. The number of benzene rings is 1. The Kier molecular flexibility index (Phi) is 5.01. The minimum Gasteiger partial charge on any atom is -0.336 e.